The minimum absolute atomic E-state index is 0.312. The average Bonchev–Trinajstić information content (AvgIpc) is 2.84. The summed E-state index contributed by atoms with van der Waals surface area (Å²) in [6.45, 7) is 7.29. The second-order valence-corrected chi connectivity index (χ2v) is 8.36. The van der Waals surface area contributed by atoms with Crippen molar-refractivity contribution in [3.05, 3.63) is 71.3 Å². The Kier molecular flexibility index (Phi) is 10.5. The van der Waals surface area contributed by atoms with Crippen LogP contribution < -0.4 is 10.6 Å². The number of nitrogens with one attached hydrogen (secondary N) is 2. The summed E-state index contributed by atoms with van der Waals surface area (Å²) >= 11 is 0. The number of hydrogen-bond donors (Lipinski definition) is 2. The fourth-order valence-electron chi connectivity index (χ4n) is 3.57. The maximum absolute atomic E-state index is 6.05. The van der Waals surface area contributed by atoms with Crippen molar-refractivity contribution in [2.24, 2.45) is 10.9 Å². The molecule has 1 heterocycles. The molecule has 174 valence electrons. The van der Waals surface area contributed by atoms with Crippen molar-refractivity contribution in [3.8, 4) is 0 Å². The van der Waals surface area contributed by atoms with Crippen LogP contribution in [0.1, 0.15) is 36.5 Å². The maximum atomic E-state index is 6.05. The van der Waals surface area contributed by atoms with Crippen molar-refractivity contribution in [1.29, 1.82) is 0 Å². The number of rotatable bonds is 11. The number of ether oxygens (including phenoxy) is 3. The van der Waals surface area contributed by atoms with Gasteiger partial charge in [0.15, 0.2) is 5.96 Å². The molecule has 0 radical (unpaired) electrons. The van der Waals surface area contributed by atoms with E-state index in [1.165, 1.54) is 16.7 Å². The van der Waals surface area contributed by atoms with E-state index >= 15 is 0 Å². The highest BCUT2D eigenvalue weighted by molar-refractivity contribution is 5.79. The highest BCUT2D eigenvalue weighted by Crippen LogP contribution is 2.14. The SMILES string of the molecule is CN=C(NCc1cccc(COC2CCOCC2)c1)NCC(C)COCc1ccccc1. The molecule has 0 aliphatic carbocycles. The number of aliphatic imine (C=N–C) groups is 1. The molecule has 0 aromatic heterocycles. The Bertz CT molecular complexity index is 807. The molecular weight excluding hydrogens is 402 g/mol. The summed E-state index contributed by atoms with van der Waals surface area (Å²) in [5.41, 5.74) is 3.61. The van der Waals surface area contributed by atoms with Crippen molar-refractivity contribution in [2.45, 2.75) is 45.6 Å². The molecule has 0 amide bonds. The summed E-state index contributed by atoms with van der Waals surface area (Å²) in [5.74, 6) is 1.17. The van der Waals surface area contributed by atoms with Crippen LogP contribution in [0.5, 0.6) is 0 Å². The first-order valence-electron chi connectivity index (χ1n) is 11.6. The molecule has 1 atom stereocenters. The van der Waals surface area contributed by atoms with E-state index in [1.54, 1.807) is 7.05 Å². The van der Waals surface area contributed by atoms with Gasteiger partial charge in [0, 0.05) is 33.4 Å². The van der Waals surface area contributed by atoms with Crippen LogP contribution in [0.15, 0.2) is 59.6 Å². The molecule has 6 nitrogen and oxygen atoms in total. The lowest BCUT2D eigenvalue weighted by molar-refractivity contribution is -0.0390. The van der Waals surface area contributed by atoms with Crippen LogP contribution in [-0.2, 0) is 34.0 Å². The number of hydrogen-bond acceptors (Lipinski definition) is 4. The van der Waals surface area contributed by atoms with Crippen molar-refractivity contribution < 1.29 is 14.2 Å². The zero-order chi connectivity index (χ0) is 22.4. The number of nitrogens with zero attached hydrogens (tertiary/aromatic N) is 1. The zero-order valence-corrected chi connectivity index (χ0v) is 19.4. The first-order chi connectivity index (χ1) is 15.7. The van der Waals surface area contributed by atoms with Gasteiger partial charge in [0.1, 0.15) is 0 Å². The van der Waals surface area contributed by atoms with Gasteiger partial charge in [0.25, 0.3) is 0 Å². The molecule has 2 aromatic carbocycles. The van der Waals surface area contributed by atoms with Gasteiger partial charge in [-0.2, -0.15) is 0 Å². The maximum Gasteiger partial charge on any atom is 0.191 e. The molecule has 1 saturated heterocycles. The Balaban J connectivity index is 1.34. The van der Waals surface area contributed by atoms with Crippen LogP contribution in [-0.4, -0.2) is 45.5 Å². The molecule has 0 spiro atoms. The molecule has 32 heavy (non-hydrogen) atoms. The fourth-order valence-corrected chi connectivity index (χ4v) is 3.57. The molecule has 0 saturated carbocycles. The van der Waals surface area contributed by atoms with E-state index in [-0.39, 0.29) is 0 Å². The Morgan fingerprint density at radius 2 is 1.75 bits per heavy atom. The number of guanidine groups is 1. The van der Waals surface area contributed by atoms with Gasteiger partial charge in [0.2, 0.25) is 0 Å². The minimum Gasteiger partial charge on any atom is -0.381 e. The van der Waals surface area contributed by atoms with Crippen LogP contribution in [0, 0.1) is 5.92 Å². The van der Waals surface area contributed by atoms with Crippen LogP contribution in [0.25, 0.3) is 0 Å². The molecular formula is C26H37N3O3. The highest BCUT2D eigenvalue weighted by Gasteiger charge is 2.14. The smallest absolute Gasteiger partial charge is 0.191 e. The van der Waals surface area contributed by atoms with Gasteiger partial charge in [-0.15, -0.1) is 0 Å². The van der Waals surface area contributed by atoms with Gasteiger partial charge in [-0.3, -0.25) is 4.99 Å². The van der Waals surface area contributed by atoms with Crippen LogP contribution in [0.4, 0.5) is 0 Å². The van der Waals surface area contributed by atoms with Crippen molar-refractivity contribution in [2.75, 3.05) is 33.4 Å². The van der Waals surface area contributed by atoms with E-state index in [2.05, 4.69) is 58.9 Å². The average molecular weight is 440 g/mol. The summed E-state index contributed by atoms with van der Waals surface area (Å²) in [5, 5.41) is 6.79. The van der Waals surface area contributed by atoms with Gasteiger partial charge in [0.05, 0.1) is 25.9 Å². The lowest BCUT2D eigenvalue weighted by Gasteiger charge is -2.22. The summed E-state index contributed by atoms with van der Waals surface area (Å²) in [6, 6.07) is 18.8. The molecule has 3 rings (SSSR count). The van der Waals surface area contributed by atoms with E-state index in [0.717, 1.165) is 38.6 Å². The predicted molar refractivity (Wildman–Crippen MR) is 129 cm³/mol. The topological polar surface area (TPSA) is 64.1 Å². The third kappa shape index (κ3) is 8.99. The molecule has 0 bridgehead atoms. The van der Waals surface area contributed by atoms with Gasteiger partial charge >= 0.3 is 0 Å². The summed E-state index contributed by atoms with van der Waals surface area (Å²) in [7, 11) is 1.80. The Labute approximate surface area is 192 Å². The molecule has 2 aromatic rings. The highest BCUT2D eigenvalue weighted by atomic mass is 16.5. The van der Waals surface area contributed by atoms with Gasteiger partial charge in [-0.25, -0.2) is 0 Å². The van der Waals surface area contributed by atoms with Gasteiger partial charge < -0.3 is 24.8 Å². The van der Waals surface area contributed by atoms with E-state index in [4.69, 9.17) is 14.2 Å². The Morgan fingerprint density at radius 1 is 1.00 bits per heavy atom. The van der Waals surface area contributed by atoms with Crippen LogP contribution >= 0.6 is 0 Å². The first kappa shape index (κ1) is 24.2. The van der Waals surface area contributed by atoms with E-state index < -0.39 is 0 Å². The minimum atomic E-state index is 0.312. The zero-order valence-electron chi connectivity index (χ0n) is 19.4. The van der Waals surface area contributed by atoms with E-state index in [0.29, 0.717) is 38.4 Å². The normalized spacial score (nSPS) is 16.0. The number of benzene rings is 2. The van der Waals surface area contributed by atoms with Crippen molar-refractivity contribution in [3.63, 3.8) is 0 Å². The molecule has 1 fully saturated rings. The quantitative estimate of drug-likeness (QED) is 0.411. The Morgan fingerprint density at radius 3 is 2.53 bits per heavy atom. The first-order valence-corrected chi connectivity index (χ1v) is 11.6. The summed E-state index contributed by atoms with van der Waals surface area (Å²) in [6.07, 6.45) is 2.28. The Hall–Kier alpha value is -2.41. The van der Waals surface area contributed by atoms with Crippen molar-refractivity contribution >= 4 is 5.96 Å². The third-order valence-electron chi connectivity index (χ3n) is 5.46. The van der Waals surface area contributed by atoms with Crippen LogP contribution in [0.2, 0.25) is 0 Å². The lowest BCUT2D eigenvalue weighted by Crippen LogP contribution is -2.39. The predicted octanol–water partition coefficient (Wildman–Crippen LogP) is 3.90. The summed E-state index contributed by atoms with van der Waals surface area (Å²) < 4.78 is 17.3. The second kappa shape index (κ2) is 13.9. The van der Waals surface area contributed by atoms with Gasteiger partial charge in [-0.1, -0.05) is 61.5 Å². The molecule has 1 aliphatic heterocycles. The van der Waals surface area contributed by atoms with Crippen molar-refractivity contribution in [1.82, 2.24) is 10.6 Å². The largest absolute Gasteiger partial charge is 0.381 e. The second-order valence-electron chi connectivity index (χ2n) is 8.36. The molecule has 1 unspecified atom stereocenters. The van der Waals surface area contributed by atoms with E-state index in [1.807, 2.05) is 18.2 Å². The molecule has 1 aliphatic rings. The fraction of sp³-hybridized carbons (Fsp3) is 0.500. The molecule has 6 heteroatoms. The van der Waals surface area contributed by atoms with E-state index in [9.17, 15) is 0 Å². The molecule has 2 N–H and O–H groups in total. The summed E-state index contributed by atoms with van der Waals surface area (Å²) in [4.78, 5) is 4.34. The standard InChI is InChI=1S/C26H37N3O3/c1-21(18-31-19-22-7-4-3-5-8-22)16-28-26(27-2)29-17-23-9-6-10-24(15-23)20-32-25-11-13-30-14-12-25/h3-10,15,21,25H,11-14,16-20H2,1-2H3,(H2,27,28,29). The monoisotopic (exact) mass is 439 g/mol. The van der Waals surface area contributed by atoms with Gasteiger partial charge in [-0.05, 0) is 35.4 Å². The van der Waals surface area contributed by atoms with Crippen LogP contribution in [0.3, 0.4) is 0 Å². The third-order valence-corrected chi connectivity index (χ3v) is 5.46. The lowest BCUT2D eigenvalue weighted by atomic mass is 10.1.